The van der Waals surface area contributed by atoms with Crippen LogP contribution in [-0.4, -0.2) is 46.6 Å². The van der Waals surface area contributed by atoms with E-state index in [1.54, 1.807) is 30.2 Å². The second-order valence-electron chi connectivity index (χ2n) is 6.29. The Bertz CT molecular complexity index is 893. The van der Waals surface area contributed by atoms with Crippen LogP contribution in [0.15, 0.2) is 54.0 Å². The number of rotatable bonds is 7. The molecule has 1 aromatic carbocycles. The third kappa shape index (κ3) is 3.81. The molecule has 0 spiro atoms. The quantitative estimate of drug-likeness (QED) is 0.559. The summed E-state index contributed by atoms with van der Waals surface area (Å²) >= 11 is 3.35. The summed E-state index contributed by atoms with van der Waals surface area (Å²) in [6, 6.07) is 14.2. The Hall–Kier alpha value is -2.09. The van der Waals surface area contributed by atoms with E-state index < -0.39 is 0 Å². The van der Waals surface area contributed by atoms with Crippen molar-refractivity contribution in [3.05, 3.63) is 59.6 Å². The van der Waals surface area contributed by atoms with E-state index in [-0.39, 0.29) is 11.3 Å². The smallest absolute Gasteiger partial charge is 0.233 e. The third-order valence-electron chi connectivity index (χ3n) is 4.50. The van der Waals surface area contributed by atoms with E-state index in [1.807, 2.05) is 46.0 Å². The Labute approximate surface area is 166 Å². The van der Waals surface area contributed by atoms with Crippen LogP contribution < -0.4 is 0 Å². The highest BCUT2D eigenvalue weighted by atomic mass is 32.2. The maximum Gasteiger partial charge on any atom is 0.233 e. The van der Waals surface area contributed by atoms with Gasteiger partial charge in [0.25, 0.3) is 0 Å². The summed E-state index contributed by atoms with van der Waals surface area (Å²) in [6.07, 6.45) is 2.91. The molecule has 0 bridgehead atoms. The van der Waals surface area contributed by atoms with Crippen molar-refractivity contribution < 1.29 is 9.53 Å². The largest absolute Gasteiger partial charge is 0.385 e. The van der Waals surface area contributed by atoms with Crippen LogP contribution in [0.25, 0.3) is 16.3 Å². The van der Waals surface area contributed by atoms with E-state index in [1.165, 1.54) is 0 Å². The van der Waals surface area contributed by atoms with E-state index in [0.717, 1.165) is 28.2 Å². The molecule has 27 heavy (non-hydrogen) atoms. The van der Waals surface area contributed by atoms with Crippen molar-refractivity contribution in [2.45, 2.75) is 11.8 Å². The molecule has 1 aliphatic rings. The highest BCUT2D eigenvalue weighted by molar-refractivity contribution is 8.00. The van der Waals surface area contributed by atoms with Crippen LogP contribution in [0.1, 0.15) is 17.4 Å². The Morgan fingerprint density at radius 2 is 2.07 bits per heavy atom. The number of aromatic nitrogens is 2. The van der Waals surface area contributed by atoms with Gasteiger partial charge in [-0.2, -0.15) is 5.10 Å². The number of carbonyl (C=O) groups is 1. The monoisotopic (exact) mass is 399 g/mol. The lowest BCUT2D eigenvalue weighted by molar-refractivity contribution is -0.128. The SMILES string of the molecule is COCCCN1C(=O)CS[C@H]1c1cn(-c2ccccc2)nc1-c1cccs1. The summed E-state index contributed by atoms with van der Waals surface area (Å²) in [5.41, 5.74) is 3.06. The number of para-hydroxylation sites is 1. The van der Waals surface area contributed by atoms with E-state index in [9.17, 15) is 4.79 Å². The summed E-state index contributed by atoms with van der Waals surface area (Å²) in [6.45, 7) is 1.35. The maximum atomic E-state index is 12.5. The topological polar surface area (TPSA) is 47.4 Å². The number of hydrogen-bond donors (Lipinski definition) is 0. The molecule has 0 saturated carbocycles. The summed E-state index contributed by atoms with van der Waals surface area (Å²) in [5.74, 6) is 0.698. The zero-order valence-electron chi connectivity index (χ0n) is 15.1. The second-order valence-corrected chi connectivity index (χ2v) is 8.30. The Balaban J connectivity index is 1.72. The van der Waals surface area contributed by atoms with Crippen molar-refractivity contribution >= 4 is 29.0 Å². The average molecular weight is 400 g/mol. The summed E-state index contributed by atoms with van der Waals surface area (Å²) in [7, 11) is 1.69. The fraction of sp³-hybridized carbons (Fsp3) is 0.300. The van der Waals surface area contributed by atoms with Gasteiger partial charge in [-0.15, -0.1) is 23.1 Å². The molecule has 0 aliphatic carbocycles. The summed E-state index contributed by atoms with van der Waals surface area (Å²) < 4.78 is 7.08. The normalized spacial score (nSPS) is 17.0. The first-order valence-electron chi connectivity index (χ1n) is 8.87. The first kappa shape index (κ1) is 18.3. The van der Waals surface area contributed by atoms with Gasteiger partial charge in [0.05, 0.1) is 16.3 Å². The van der Waals surface area contributed by atoms with Crippen LogP contribution in [-0.2, 0) is 9.53 Å². The Morgan fingerprint density at radius 1 is 1.22 bits per heavy atom. The molecule has 0 N–H and O–H groups in total. The van der Waals surface area contributed by atoms with Crippen LogP contribution in [0.3, 0.4) is 0 Å². The molecule has 140 valence electrons. The van der Waals surface area contributed by atoms with Gasteiger partial charge in [0.15, 0.2) is 0 Å². The van der Waals surface area contributed by atoms with Gasteiger partial charge in [-0.1, -0.05) is 24.3 Å². The fourth-order valence-electron chi connectivity index (χ4n) is 3.22. The van der Waals surface area contributed by atoms with Gasteiger partial charge < -0.3 is 9.64 Å². The van der Waals surface area contributed by atoms with Gasteiger partial charge in [0, 0.05) is 32.0 Å². The minimum Gasteiger partial charge on any atom is -0.385 e. The Kier molecular flexibility index (Phi) is 5.61. The molecule has 2 aromatic heterocycles. The number of hydrogen-bond acceptors (Lipinski definition) is 5. The number of benzene rings is 1. The van der Waals surface area contributed by atoms with Crippen molar-refractivity contribution in [3.63, 3.8) is 0 Å². The number of thioether (sulfide) groups is 1. The number of methoxy groups -OCH3 is 1. The van der Waals surface area contributed by atoms with E-state index >= 15 is 0 Å². The Morgan fingerprint density at radius 3 is 2.81 bits per heavy atom. The first-order valence-corrected chi connectivity index (χ1v) is 10.8. The maximum absolute atomic E-state index is 12.5. The predicted octanol–water partition coefficient (Wildman–Crippen LogP) is 4.21. The number of thiophene rings is 1. The number of amides is 1. The summed E-state index contributed by atoms with van der Waals surface area (Å²) in [5, 5.41) is 6.92. The van der Waals surface area contributed by atoms with Crippen molar-refractivity contribution in [1.82, 2.24) is 14.7 Å². The van der Waals surface area contributed by atoms with Gasteiger partial charge in [-0.05, 0) is 30.0 Å². The van der Waals surface area contributed by atoms with E-state index in [4.69, 9.17) is 9.84 Å². The fourth-order valence-corrected chi connectivity index (χ4v) is 5.17. The molecule has 3 heterocycles. The molecule has 7 heteroatoms. The molecule has 5 nitrogen and oxygen atoms in total. The molecule has 1 saturated heterocycles. The lowest BCUT2D eigenvalue weighted by Gasteiger charge is -2.23. The van der Waals surface area contributed by atoms with Gasteiger partial charge in [-0.3, -0.25) is 4.79 Å². The second kappa shape index (κ2) is 8.29. The van der Waals surface area contributed by atoms with Crippen LogP contribution >= 0.6 is 23.1 Å². The molecular weight excluding hydrogens is 378 g/mol. The molecule has 3 aromatic rings. The predicted molar refractivity (Wildman–Crippen MR) is 110 cm³/mol. The third-order valence-corrected chi connectivity index (χ3v) is 6.61. The summed E-state index contributed by atoms with van der Waals surface area (Å²) in [4.78, 5) is 15.6. The van der Waals surface area contributed by atoms with Gasteiger partial charge in [-0.25, -0.2) is 4.68 Å². The first-order chi connectivity index (χ1) is 13.3. The molecule has 1 amide bonds. The van der Waals surface area contributed by atoms with Gasteiger partial charge >= 0.3 is 0 Å². The van der Waals surface area contributed by atoms with E-state index in [2.05, 4.69) is 17.6 Å². The highest BCUT2D eigenvalue weighted by Gasteiger charge is 2.35. The molecule has 0 radical (unpaired) electrons. The van der Waals surface area contributed by atoms with E-state index in [0.29, 0.717) is 18.9 Å². The zero-order chi connectivity index (χ0) is 18.6. The molecule has 1 fully saturated rings. The average Bonchev–Trinajstić information content (AvgIpc) is 3.42. The molecule has 0 unspecified atom stereocenters. The number of ether oxygens (including phenoxy) is 1. The number of carbonyl (C=O) groups excluding carboxylic acids is 1. The lowest BCUT2D eigenvalue weighted by atomic mass is 10.2. The van der Waals surface area contributed by atoms with Gasteiger partial charge in [0.1, 0.15) is 11.1 Å². The molecular formula is C20H21N3O2S2. The van der Waals surface area contributed by atoms with Crippen LogP contribution in [0, 0.1) is 0 Å². The van der Waals surface area contributed by atoms with Gasteiger partial charge in [0.2, 0.25) is 5.91 Å². The van der Waals surface area contributed by atoms with Crippen LogP contribution in [0.2, 0.25) is 0 Å². The molecule has 1 atom stereocenters. The highest BCUT2D eigenvalue weighted by Crippen LogP contribution is 2.43. The number of nitrogens with zero attached hydrogens (tertiary/aromatic N) is 3. The van der Waals surface area contributed by atoms with Crippen molar-refractivity contribution in [3.8, 4) is 16.3 Å². The van der Waals surface area contributed by atoms with Crippen molar-refractivity contribution in [2.75, 3.05) is 26.0 Å². The van der Waals surface area contributed by atoms with Crippen molar-refractivity contribution in [1.29, 1.82) is 0 Å². The van der Waals surface area contributed by atoms with Crippen molar-refractivity contribution in [2.24, 2.45) is 0 Å². The molecule has 1 aliphatic heterocycles. The lowest BCUT2D eigenvalue weighted by Crippen LogP contribution is -2.29. The molecule has 4 rings (SSSR count). The zero-order valence-corrected chi connectivity index (χ0v) is 16.7. The van der Waals surface area contributed by atoms with Crippen LogP contribution in [0.4, 0.5) is 0 Å². The standard InChI is InChI=1S/C20H21N3O2S2/c1-25-11-6-10-22-18(24)14-27-20(22)16-13-23(15-7-3-2-4-8-15)21-19(16)17-9-5-12-26-17/h2-5,7-9,12-13,20H,6,10-11,14H2,1H3/t20-/m0/s1. The minimum absolute atomic E-state index is 0.0103. The van der Waals surface area contributed by atoms with Crippen LogP contribution in [0.5, 0.6) is 0 Å². The minimum atomic E-state index is -0.0103.